The van der Waals surface area contributed by atoms with Gasteiger partial charge in [-0.2, -0.15) is 0 Å². The van der Waals surface area contributed by atoms with Gasteiger partial charge in [0.25, 0.3) is 0 Å². The van der Waals surface area contributed by atoms with E-state index in [1.807, 2.05) is 0 Å². The molecule has 0 spiro atoms. The molecule has 0 N–H and O–H groups in total. The first-order valence-corrected chi connectivity index (χ1v) is 7.17. The third kappa shape index (κ3) is 2.05. The van der Waals surface area contributed by atoms with E-state index in [1.165, 1.54) is 7.11 Å². The van der Waals surface area contributed by atoms with Crippen molar-refractivity contribution < 1.29 is 14.3 Å². The topological polar surface area (TPSA) is 43.4 Å². The Morgan fingerprint density at radius 2 is 1.47 bits per heavy atom. The molecule has 0 saturated heterocycles. The number of alkyl halides is 1. The molecule has 2 aliphatic rings. The second kappa shape index (κ2) is 4.71. The summed E-state index contributed by atoms with van der Waals surface area (Å²) in [4.78, 5) is 24.8. The molecular weight excluding hydrogens is 284 g/mol. The van der Waals surface area contributed by atoms with E-state index < -0.39 is 9.74 Å². The molecule has 0 unspecified atom stereocenters. The Hall–Kier alpha value is -0.380. The Bertz CT molecular complexity index is 326. The fourth-order valence-corrected chi connectivity index (χ4v) is 4.23. The summed E-state index contributed by atoms with van der Waals surface area (Å²) in [5.74, 6) is -0.252. The van der Waals surface area contributed by atoms with E-state index >= 15 is 0 Å². The molecular formula is C13H19BrO3. The first-order chi connectivity index (χ1) is 8.05. The van der Waals surface area contributed by atoms with Crippen LogP contribution in [0.1, 0.15) is 51.4 Å². The van der Waals surface area contributed by atoms with Gasteiger partial charge >= 0.3 is 5.97 Å². The molecule has 2 rings (SSSR count). The molecule has 17 heavy (non-hydrogen) atoms. The number of hydrogen-bond donors (Lipinski definition) is 0. The van der Waals surface area contributed by atoms with E-state index in [1.54, 1.807) is 0 Å². The van der Waals surface area contributed by atoms with Crippen molar-refractivity contribution in [2.24, 2.45) is 5.41 Å². The number of halogens is 1. The van der Waals surface area contributed by atoms with Gasteiger partial charge in [-0.05, 0) is 25.7 Å². The van der Waals surface area contributed by atoms with Gasteiger partial charge < -0.3 is 4.74 Å². The maximum absolute atomic E-state index is 12.7. The monoisotopic (exact) mass is 302 g/mol. The van der Waals surface area contributed by atoms with E-state index in [4.69, 9.17) is 4.74 Å². The minimum absolute atomic E-state index is 0.0758. The zero-order valence-electron chi connectivity index (χ0n) is 10.3. The Morgan fingerprint density at radius 3 is 1.94 bits per heavy atom. The van der Waals surface area contributed by atoms with E-state index in [2.05, 4.69) is 15.9 Å². The third-order valence-corrected chi connectivity index (χ3v) is 5.42. The van der Waals surface area contributed by atoms with Crippen LogP contribution >= 0.6 is 15.9 Å². The van der Waals surface area contributed by atoms with Crippen molar-refractivity contribution in [3.63, 3.8) is 0 Å². The lowest BCUT2D eigenvalue weighted by Crippen LogP contribution is -2.47. The zero-order chi connectivity index (χ0) is 12.5. The summed E-state index contributed by atoms with van der Waals surface area (Å²) in [7, 11) is 1.38. The molecule has 4 heteroatoms. The van der Waals surface area contributed by atoms with Crippen LogP contribution in [0.15, 0.2) is 0 Å². The maximum atomic E-state index is 12.7. The summed E-state index contributed by atoms with van der Waals surface area (Å²) in [6, 6.07) is 0. The number of rotatable bonds is 3. The molecule has 0 bridgehead atoms. The summed E-state index contributed by atoms with van der Waals surface area (Å²) in [6.45, 7) is 0. The number of methoxy groups -OCH3 is 1. The van der Waals surface area contributed by atoms with Crippen molar-refractivity contribution in [2.75, 3.05) is 7.11 Å². The molecule has 0 aromatic carbocycles. The Morgan fingerprint density at radius 1 is 1.00 bits per heavy atom. The summed E-state index contributed by atoms with van der Waals surface area (Å²) in [5, 5.41) is 0. The molecule has 0 amide bonds. The van der Waals surface area contributed by atoms with E-state index in [0.29, 0.717) is 12.8 Å². The van der Waals surface area contributed by atoms with Crippen molar-refractivity contribution in [3.05, 3.63) is 0 Å². The number of carbonyl (C=O) groups excluding carboxylic acids is 2. The molecule has 0 radical (unpaired) electrons. The van der Waals surface area contributed by atoms with Gasteiger partial charge in [0.05, 0.1) is 11.4 Å². The van der Waals surface area contributed by atoms with Gasteiger partial charge in [-0.15, -0.1) is 0 Å². The number of ketones is 1. The molecule has 0 aromatic rings. The number of carbonyl (C=O) groups is 2. The van der Waals surface area contributed by atoms with Crippen molar-refractivity contribution in [1.82, 2.24) is 0 Å². The van der Waals surface area contributed by atoms with Crippen LogP contribution < -0.4 is 0 Å². The van der Waals surface area contributed by atoms with Gasteiger partial charge in [-0.1, -0.05) is 41.6 Å². The van der Waals surface area contributed by atoms with Crippen molar-refractivity contribution in [3.8, 4) is 0 Å². The highest BCUT2D eigenvalue weighted by Crippen LogP contribution is 2.49. The lowest BCUT2D eigenvalue weighted by atomic mass is 9.75. The largest absolute Gasteiger partial charge is 0.468 e. The lowest BCUT2D eigenvalue weighted by Gasteiger charge is -2.32. The summed E-state index contributed by atoms with van der Waals surface area (Å²) >= 11 is 3.60. The van der Waals surface area contributed by atoms with Crippen LogP contribution in [0, 0.1) is 5.41 Å². The minimum Gasteiger partial charge on any atom is -0.468 e. The van der Waals surface area contributed by atoms with Gasteiger partial charge in [0.15, 0.2) is 5.78 Å². The van der Waals surface area contributed by atoms with Gasteiger partial charge in [0.2, 0.25) is 0 Å². The molecule has 2 saturated carbocycles. The number of hydrogen-bond acceptors (Lipinski definition) is 3. The normalized spacial score (nSPS) is 25.8. The number of Topliss-reactive ketones (excluding diaryl/α,β-unsaturated/α-hetero) is 1. The maximum Gasteiger partial charge on any atom is 0.319 e. The zero-order valence-corrected chi connectivity index (χ0v) is 11.8. The first-order valence-electron chi connectivity index (χ1n) is 6.37. The number of ether oxygens (including phenoxy) is 1. The van der Waals surface area contributed by atoms with Crippen LogP contribution in [0.3, 0.4) is 0 Å². The standard InChI is InChI=1S/C13H19BrO3/c1-17-11(16)12(6-2-3-7-12)10(15)13(14)8-4-5-9-13/h2-9H2,1H3. The van der Waals surface area contributed by atoms with E-state index in [0.717, 1.165) is 38.5 Å². The van der Waals surface area contributed by atoms with Crippen LogP contribution in [0.5, 0.6) is 0 Å². The minimum atomic E-state index is -0.859. The molecule has 3 nitrogen and oxygen atoms in total. The highest BCUT2D eigenvalue weighted by Gasteiger charge is 2.56. The molecule has 2 aliphatic carbocycles. The quantitative estimate of drug-likeness (QED) is 0.457. The van der Waals surface area contributed by atoms with Crippen LogP contribution in [0.25, 0.3) is 0 Å². The summed E-state index contributed by atoms with van der Waals surface area (Å²) in [6.07, 6.45) is 7.04. The third-order valence-electron chi connectivity index (χ3n) is 4.27. The predicted octanol–water partition coefficient (Wildman–Crippen LogP) is 3.00. The average molecular weight is 303 g/mol. The van der Waals surface area contributed by atoms with Gasteiger partial charge in [-0.25, -0.2) is 0 Å². The average Bonchev–Trinajstić information content (AvgIpc) is 2.97. The van der Waals surface area contributed by atoms with Crippen molar-refractivity contribution >= 4 is 27.7 Å². The Labute approximate surface area is 110 Å². The van der Waals surface area contributed by atoms with E-state index in [-0.39, 0.29) is 11.8 Å². The Kier molecular flexibility index (Phi) is 3.62. The summed E-state index contributed by atoms with van der Waals surface area (Å²) in [5.41, 5.74) is -0.859. The Balaban J connectivity index is 2.27. The molecule has 96 valence electrons. The van der Waals surface area contributed by atoms with Gasteiger partial charge in [0, 0.05) is 0 Å². The van der Waals surface area contributed by atoms with Crippen molar-refractivity contribution in [1.29, 1.82) is 0 Å². The fraction of sp³-hybridized carbons (Fsp3) is 0.846. The molecule has 2 fully saturated rings. The van der Waals surface area contributed by atoms with Gasteiger partial charge in [-0.3, -0.25) is 9.59 Å². The molecule has 0 aromatic heterocycles. The smallest absolute Gasteiger partial charge is 0.319 e. The van der Waals surface area contributed by atoms with Gasteiger partial charge in [0.1, 0.15) is 5.41 Å². The SMILES string of the molecule is COC(=O)C1(C(=O)C2(Br)CCCC2)CCCC1. The predicted molar refractivity (Wildman–Crippen MR) is 68.1 cm³/mol. The van der Waals surface area contributed by atoms with Crippen LogP contribution in [-0.2, 0) is 14.3 Å². The highest BCUT2D eigenvalue weighted by atomic mass is 79.9. The second-order valence-corrected chi connectivity index (χ2v) is 6.80. The van der Waals surface area contributed by atoms with Crippen LogP contribution in [0.2, 0.25) is 0 Å². The molecule has 0 aliphatic heterocycles. The highest BCUT2D eigenvalue weighted by molar-refractivity contribution is 9.10. The first kappa shape index (κ1) is 13.1. The molecule has 0 atom stereocenters. The molecule has 0 heterocycles. The number of esters is 1. The fourth-order valence-electron chi connectivity index (χ4n) is 3.29. The lowest BCUT2D eigenvalue weighted by molar-refractivity contribution is -0.158. The van der Waals surface area contributed by atoms with E-state index in [9.17, 15) is 9.59 Å². The van der Waals surface area contributed by atoms with Crippen molar-refractivity contribution in [2.45, 2.75) is 55.7 Å². The van der Waals surface area contributed by atoms with Crippen LogP contribution in [-0.4, -0.2) is 23.2 Å². The second-order valence-electron chi connectivity index (χ2n) is 5.28. The summed E-state index contributed by atoms with van der Waals surface area (Å²) < 4.78 is 4.42. The van der Waals surface area contributed by atoms with Crippen LogP contribution in [0.4, 0.5) is 0 Å².